The standard InChI is InChI=1S/C8H16N2O2/c1-9-5-3-7(4-6-9)10(2)8(11)12/h7H,3-6H2,1-2H3,(H,11,12). The van der Waals surface area contributed by atoms with Gasteiger partial charge >= 0.3 is 6.09 Å². The van der Waals surface area contributed by atoms with E-state index in [4.69, 9.17) is 5.11 Å². The number of carboxylic acid groups (broad SMARTS) is 1. The van der Waals surface area contributed by atoms with Crippen LogP contribution in [0.15, 0.2) is 0 Å². The van der Waals surface area contributed by atoms with E-state index < -0.39 is 6.09 Å². The van der Waals surface area contributed by atoms with Crippen molar-refractivity contribution in [1.29, 1.82) is 0 Å². The van der Waals surface area contributed by atoms with E-state index in [-0.39, 0.29) is 6.04 Å². The Bertz CT molecular complexity index is 164. The molecular formula is C8H16N2O2. The van der Waals surface area contributed by atoms with E-state index in [1.54, 1.807) is 7.05 Å². The monoisotopic (exact) mass is 172 g/mol. The van der Waals surface area contributed by atoms with E-state index in [9.17, 15) is 4.79 Å². The lowest BCUT2D eigenvalue weighted by Gasteiger charge is -2.33. The second kappa shape index (κ2) is 3.76. The highest BCUT2D eigenvalue weighted by molar-refractivity contribution is 5.64. The Kier molecular flexibility index (Phi) is 2.92. The molecule has 1 N–H and O–H groups in total. The van der Waals surface area contributed by atoms with Gasteiger partial charge in [0.25, 0.3) is 0 Å². The van der Waals surface area contributed by atoms with Gasteiger partial charge in [0.15, 0.2) is 0 Å². The van der Waals surface area contributed by atoms with E-state index in [1.807, 2.05) is 0 Å². The minimum absolute atomic E-state index is 0.221. The molecule has 0 saturated carbocycles. The van der Waals surface area contributed by atoms with Crippen molar-refractivity contribution in [3.05, 3.63) is 0 Å². The summed E-state index contributed by atoms with van der Waals surface area (Å²) in [5.74, 6) is 0. The van der Waals surface area contributed by atoms with E-state index in [1.165, 1.54) is 4.90 Å². The zero-order chi connectivity index (χ0) is 9.14. The Labute approximate surface area is 72.8 Å². The van der Waals surface area contributed by atoms with Crippen LogP contribution in [0, 0.1) is 0 Å². The normalized spacial score (nSPS) is 20.8. The molecule has 0 unspecified atom stereocenters. The van der Waals surface area contributed by atoms with E-state index >= 15 is 0 Å². The third kappa shape index (κ3) is 2.11. The van der Waals surface area contributed by atoms with Crippen LogP contribution in [0.25, 0.3) is 0 Å². The van der Waals surface area contributed by atoms with Gasteiger partial charge in [0.1, 0.15) is 0 Å². The van der Waals surface area contributed by atoms with Crippen molar-refractivity contribution in [2.45, 2.75) is 18.9 Å². The van der Waals surface area contributed by atoms with Gasteiger partial charge in [-0.2, -0.15) is 0 Å². The first kappa shape index (κ1) is 9.32. The molecule has 1 fully saturated rings. The summed E-state index contributed by atoms with van der Waals surface area (Å²) < 4.78 is 0. The fraction of sp³-hybridized carbons (Fsp3) is 0.875. The lowest BCUT2D eigenvalue weighted by Crippen LogP contribution is -2.43. The van der Waals surface area contributed by atoms with Crippen LogP contribution in [-0.2, 0) is 0 Å². The van der Waals surface area contributed by atoms with Crippen LogP contribution >= 0.6 is 0 Å². The number of nitrogens with zero attached hydrogens (tertiary/aromatic N) is 2. The van der Waals surface area contributed by atoms with Crippen molar-refractivity contribution in [1.82, 2.24) is 9.80 Å². The largest absolute Gasteiger partial charge is 0.465 e. The quantitative estimate of drug-likeness (QED) is 0.633. The second-order valence-electron chi connectivity index (χ2n) is 3.43. The molecule has 0 radical (unpaired) electrons. The fourth-order valence-electron chi connectivity index (χ4n) is 1.54. The van der Waals surface area contributed by atoms with Crippen molar-refractivity contribution in [3.63, 3.8) is 0 Å². The first-order chi connectivity index (χ1) is 5.61. The van der Waals surface area contributed by atoms with Crippen molar-refractivity contribution in [2.24, 2.45) is 0 Å². The molecule has 1 amide bonds. The minimum Gasteiger partial charge on any atom is -0.465 e. The van der Waals surface area contributed by atoms with E-state index in [2.05, 4.69) is 11.9 Å². The number of likely N-dealkylation sites (tertiary alicyclic amines) is 1. The van der Waals surface area contributed by atoms with Gasteiger partial charge in [-0.3, -0.25) is 0 Å². The van der Waals surface area contributed by atoms with Crippen molar-refractivity contribution in [3.8, 4) is 0 Å². The number of hydrogen-bond donors (Lipinski definition) is 1. The highest BCUT2D eigenvalue weighted by Gasteiger charge is 2.22. The lowest BCUT2D eigenvalue weighted by molar-refractivity contribution is 0.112. The summed E-state index contributed by atoms with van der Waals surface area (Å²) >= 11 is 0. The maximum Gasteiger partial charge on any atom is 0.407 e. The fourth-order valence-corrected chi connectivity index (χ4v) is 1.54. The molecular weight excluding hydrogens is 156 g/mol. The number of amides is 1. The Morgan fingerprint density at radius 1 is 1.50 bits per heavy atom. The van der Waals surface area contributed by atoms with E-state index in [0.717, 1.165) is 25.9 Å². The minimum atomic E-state index is -0.815. The summed E-state index contributed by atoms with van der Waals surface area (Å²) in [6, 6.07) is 0.221. The highest BCUT2D eigenvalue weighted by Crippen LogP contribution is 2.13. The molecule has 4 nitrogen and oxygen atoms in total. The maximum atomic E-state index is 10.6. The van der Waals surface area contributed by atoms with Crippen LogP contribution in [0.4, 0.5) is 4.79 Å². The average Bonchev–Trinajstić information content (AvgIpc) is 2.04. The number of hydrogen-bond acceptors (Lipinski definition) is 2. The molecule has 1 saturated heterocycles. The molecule has 4 heteroatoms. The van der Waals surface area contributed by atoms with Crippen LogP contribution in [0.3, 0.4) is 0 Å². The van der Waals surface area contributed by atoms with Gasteiger partial charge in [-0.25, -0.2) is 4.79 Å². The van der Waals surface area contributed by atoms with Crippen LogP contribution in [0.1, 0.15) is 12.8 Å². The van der Waals surface area contributed by atoms with Gasteiger partial charge in [0, 0.05) is 13.1 Å². The Balaban J connectivity index is 2.39. The number of rotatable bonds is 1. The predicted octanol–water partition coefficient (Wildman–Crippen LogP) is 0.690. The maximum absolute atomic E-state index is 10.6. The smallest absolute Gasteiger partial charge is 0.407 e. The lowest BCUT2D eigenvalue weighted by atomic mass is 10.0. The molecule has 0 atom stereocenters. The molecule has 0 aliphatic carbocycles. The van der Waals surface area contributed by atoms with Gasteiger partial charge in [-0.15, -0.1) is 0 Å². The van der Waals surface area contributed by atoms with Gasteiger partial charge < -0.3 is 14.9 Å². The third-order valence-electron chi connectivity index (χ3n) is 2.54. The highest BCUT2D eigenvalue weighted by atomic mass is 16.4. The van der Waals surface area contributed by atoms with Gasteiger partial charge in [0.05, 0.1) is 0 Å². The van der Waals surface area contributed by atoms with Gasteiger partial charge in [-0.1, -0.05) is 0 Å². The first-order valence-electron chi connectivity index (χ1n) is 4.25. The Morgan fingerprint density at radius 3 is 2.42 bits per heavy atom. The molecule has 70 valence electrons. The van der Waals surface area contributed by atoms with Crippen molar-refractivity contribution < 1.29 is 9.90 Å². The Hall–Kier alpha value is -0.770. The third-order valence-corrected chi connectivity index (χ3v) is 2.54. The summed E-state index contributed by atoms with van der Waals surface area (Å²) in [6.07, 6.45) is 1.10. The van der Waals surface area contributed by atoms with Crippen LogP contribution in [0.2, 0.25) is 0 Å². The molecule has 12 heavy (non-hydrogen) atoms. The first-order valence-corrected chi connectivity index (χ1v) is 4.25. The zero-order valence-corrected chi connectivity index (χ0v) is 7.66. The van der Waals surface area contributed by atoms with E-state index in [0.29, 0.717) is 0 Å². The summed E-state index contributed by atoms with van der Waals surface area (Å²) in [5, 5.41) is 8.71. The summed E-state index contributed by atoms with van der Waals surface area (Å²) in [5.41, 5.74) is 0. The molecule has 0 aromatic heterocycles. The topological polar surface area (TPSA) is 43.8 Å². The number of piperidine rings is 1. The van der Waals surface area contributed by atoms with Crippen molar-refractivity contribution >= 4 is 6.09 Å². The van der Waals surface area contributed by atoms with Gasteiger partial charge in [0.2, 0.25) is 0 Å². The summed E-state index contributed by atoms with van der Waals surface area (Å²) in [4.78, 5) is 14.2. The Morgan fingerprint density at radius 2 is 2.00 bits per heavy atom. The molecule has 1 aliphatic heterocycles. The summed E-state index contributed by atoms with van der Waals surface area (Å²) in [7, 11) is 3.72. The zero-order valence-electron chi connectivity index (χ0n) is 7.66. The predicted molar refractivity (Wildman–Crippen MR) is 46.3 cm³/mol. The summed E-state index contributed by atoms with van der Waals surface area (Å²) in [6.45, 7) is 2.00. The molecule has 0 spiro atoms. The molecule has 0 aromatic rings. The van der Waals surface area contributed by atoms with Crippen molar-refractivity contribution in [2.75, 3.05) is 27.2 Å². The molecule has 0 aromatic carbocycles. The second-order valence-corrected chi connectivity index (χ2v) is 3.43. The van der Waals surface area contributed by atoms with Crippen LogP contribution < -0.4 is 0 Å². The average molecular weight is 172 g/mol. The molecule has 1 aliphatic rings. The molecule has 1 rings (SSSR count). The molecule has 1 heterocycles. The van der Waals surface area contributed by atoms with Gasteiger partial charge in [-0.05, 0) is 33.0 Å². The SMILES string of the molecule is CN1CCC(N(C)C(=O)O)CC1. The molecule has 0 bridgehead atoms. The van der Waals surface area contributed by atoms with Crippen LogP contribution in [0.5, 0.6) is 0 Å². The number of carbonyl (C=O) groups is 1. The van der Waals surface area contributed by atoms with Crippen LogP contribution in [-0.4, -0.2) is 54.2 Å².